The maximum Gasteiger partial charge on any atom is 0.433 e. The molecule has 0 aromatic carbocycles. The van der Waals surface area contributed by atoms with E-state index >= 15 is 0 Å². The maximum atomic E-state index is 5.20. The molecule has 3 heteroatoms. The number of hydrogen-bond acceptors (Lipinski definition) is 2. The Labute approximate surface area is 52.2 Å². The lowest BCUT2D eigenvalue weighted by atomic mass is 10.9. The minimum atomic E-state index is 0.275. The normalized spacial score (nSPS) is 19.1. The molecule has 2 radical (unpaired) electrons. The Morgan fingerprint density at radius 1 is 1.62 bits per heavy atom. The predicted octanol–water partition coefficient (Wildman–Crippen LogP) is 0.736. The van der Waals surface area contributed by atoms with Gasteiger partial charge in [0, 0.05) is 12.7 Å². The lowest BCUT2D eigenvalue weighted by Crippen LogP contribution is -2.04. The van der Waals surface area contributed by atoms with Crippen LogP contribution in [0.4, 0.5) is 0 Å². The van der Waals surface area contributed by atoms with Gasteiger partial charge in [-0.1, -0.05) is 0 Å². The number of rotatable bonds is 4. The molecule has 0 aromatic heterocycles. The van der Waals surface area contributed by atoms with Crippen molar-refractivity contribution in [3.8, 4) is 0 Å². The van der Waals surface area contributed by atoms with E-state index < -0.39 is 0 Å². The Kier molecular flexibility index (Phi) is 2.52. The van der Waals surface area contributed by atoms with Crippen LogP contribution < -0.4 is 0 Å². The van der Waals surface area contributed by atoms with E-state index in [1.165, 1.54) is 12.8 Å². The summed E-state index contributed by atoms with van der Waals surface area (Å²) in [5.41, 5.74) is 0. The molecule has 0 aromatic rings. The molecule has 0 heterocycles. The molecule has 2 nitrogen and oxygen atoms in total. The van der Waals surface area contributed by atoms with E-state index in [1.807, 2.05) is 6.92 Å². The minimum Gasteiger partial charge on any atom is -0.393 e. The van der Waals surface area contributed by atoms with E-state index in [0.717, 1.165) is 6.61 Å². The van der Waals surface area contributed by atoms with Crippen molar-refractivity contribution in [1.82, 2.24) is 0 Å². The van der Waals surface area contributed by atoms with Crippen LogP contribution in [0.25, 0.3) is 0 Å². The first kappa shape index (κ1) is 6.26. The van der Waals surface area contributed by atoms with Crippen LogP contribution in [0.15, 0.2) is 0 Å². The van der Waals surface area contributed by atoms with Crippen molar-refractivity contribution >= 4 is 10.0 Å². The molecule has 0 aliphatic heterocycles. The van der Waals surface area contributed by atoms with Crippen LogP contribution in [0.5, 0.6) is 0 Å². The largest absolute Gasteiger partial charge is 0.433 e. The van der Waals surface area contributed by atoms with Crippen LogP contribution in [0.1, 0.15) is 19.8 Å². The van der Waals surface area contributed by atoms with Gasteiger partial charge in [0.05, 0.1) is 0 Å². The SMILES string of the molecule is CCO[Si]OC1CC1. The van der Waals surface area contributed by atoms with E-state index in [1.54, 1.807) is 0 Å². The van der Waals surface area contributed by atoms with Crippen molar-refractivity contribution in [3.05, 3.63) is 0 Å². The van der Waals surface area contributed by atoms with E-state index in [0.29, 0.717) is 6.10 Å². The Morgan fingerprint density at radius 2 is 2.38 bits per heavy atom. The lowest BCUT2D eigenvalue weighted by molar-refractivity contribution is 0.221. The molecule has 0 unspecified atom stereocenters. The highest BCUT2D eigenvalue weighted by molar-refractivity contribution is 6.18. The van der Waals surface area contributed by atoms with Crippen LogP contribution >= 0.6 is 0 Å². The van der Waals surface area contributed by atoms with E-state index in [-0.39, 0.29) is 10.0 Å². The molecule has 0 bridgehead atoms. The summed E-state index contributed by atoms with van der Waals surface area (Å²) >= 11 is 0. The standard InChI is InChI=1S/C5H10O2Si/c1-2-6-8-7-5-3-4-5/h5H,2-4H2,1H3. The Morgan fingerprint density at radius 3 is 2.88 bits per heavy atom. The topological polar surface area (TPSA) is 18.5 Å². The molecular formula is C5H10O2Si. The second kappa shape index (κ2) is 3.22. The highest BCUT2D eigenvalue weighted by Crippen LogP contribution is 2.22. The smallest absolute Gasteiger partial charge is 0.393 e. The highest BCUT2D eigenvalue weighted by Gasteiger charge is 2.21. The summed E-state index contributed by atoms with van der Waals surface area (Å²) < 4.78 is 10.2. The molecule has 0 atom stereocenters. The molecular weight excluding hydrogens is 120 g/mol. The summed E-state index contributed by atoms with van der Waals surface area (Å²) in [4.78, 5) is 0. The van der Waals surface area contributed by atoms with Gasteiger partial charge in [0.2, 0.25) is 0 Å². The third-order valence-electron chi connectivity index (χ3n) is 0.942. The van der Waals surface area contributed by atoms with Crippen LogP contribution in [-0.4, -0.2) is 22.7 Å². The fourth-order valence-corrected chi connectivity index (χ4v) is 0.905. The molecule has 0 saturated heterocycles. The zero-order valence-electron chi connectivity index (χ0n) is 5.02. The third kappa shape index (κ3) is 2.45. The van der Waals surface area contributed by atoms with E-state index in [2.05, 4.69) is 0 Å². The summed E-state index contributed by atoms with van der Waals surface area (Å²) in [5.74, 6) is 0. The van der Waals surface area contributed by atoms with Gasteiger partial charge in [-0.3, -0.25) is 0 Å². The molecule has 8 heavy (non-hydrogen) atoms. The molecule has 0 amide bonds. The average molecular weight is 130 g/mol. The van der Waals surface area contributed by atoms with Gasteiger partial charge in [-0.15, -0.1) is 0 Å². The molecule has 1 rings (SSSR count). The fourth-order valence-electron chi connectivity index (χ4n) is 0.347. The van der Waals surface area contributed by atoms with Crippen LogP contribution in [0.3, 0.4) is 0 Å². The lowest BCUT2D eigenvalue weighted by Gasteiger charge is -1.95. The first-order chi connectivity index (χ1) is 3.93. The van der Waals surface area contributed by atoms with Crippen LogP contribution in [0, 0.1) is 0 Å². The van der Waals surface area contributed by atoms with Crippen molar-refractivity contribution in [1.29, 1.82) is 0 Å². The maximum absolute atomic E-state index is 5.20. The predicted molar refractivity (Wildman–Crippen MR) is 31.5 cm³/mol. The zero-order valence-corrected chi connectivity index (χ0v) is 6.02. The van der Waals surface area contributed by atoms with Gasteiger partial charge in [0.15, 0.2) is 0 Å². The monoisotopic (exact) mass is 130 g/mol. The van der Waals surface area contributed by atoms with Gasteiger partial charge in [-0.05, 0) is 19.8 Å². The Bertz CT molecular complexity index is 63.4. The van der Waals surface area contributed by atoms with Gasteiger partial charge >= 0.3 is 10.0 Å². The van der Waals surface area contributed by atoms with E-state index in [4.69, 9.17) is 8.85 Å². The van der Waals surface area contributed by atoms with Crippen molar-refractivity contribution in [2.75, 3.05) is 6.61 Å². The second-order valence-electron chi connectivity index (χ2n) is 1.83. The van der Waals surface area contributed by atoms with E-state index in [9.17, 15) is 0 Å². The molecule has 1 saturated carbocycles. The van der Waals surface area contributed by atoms with Crippen molar-refractivity contribution in [2.45, 2.75) is 25.9 Å². The van der Waals surface area contributed by atoms with Crippen molar-refractivity contribution < 1.29 is 8.85 Å². The Balaban J connectivity index is 1.74. The molecule has 0 spiro atoms. The molecule has 1 aliphatic rings. The molecule has 1 aliphatic carbocycles. The van der Waals surface area contributed by atoms with Crippen LogP contribution in [-0.2, 0) is 8.85 Å². The summed E-state index contributed by atoms with van der Waals surface area (Å²) in [6.45, 7) is 2.74. The van der Waals surface area contributed by atoms with Gasteiger partial charge < -0.3 is 8.85 Å². The zero-order chi connectivity index (χ0) is 5.82. The molecule has 0 N–H and O–H groups in total. The number of hydrogen-bond donors (Lipinski definition) is 0. The third-order valence-corrected chi connectivity index (χ3v) is 1.78. The van der Waals surface area contributed by atoms with Crippen molar-refractivity contribution in [3.63, 3.8) is 0 Å². The average Bonchev–Trinajstić information content (AvgIpc) is 2.51. The molecule has 46 valence electrons. The summed E-state index contributed by atoms with van der Waals surface area (Å²) in [7, 11) is 0.275. The van der Waals surface area contributed by atoms with Gasteiger partial charge in [0.1, 0.15) is 0 Å². The van der Waals surface area contributed by atoms with Gasteiger partial charge in [-0.25, -0.2) is 0 Å². The van der Waals surface area contributed by atoms with Gasteiger partial charge in [-0.2, -0.15) is 0 Å². The van der Waals surface area contributed by atoms with Gasteiger partial charge in [0.25, 0.3) is 0 Å². The minimum absolute atomic E-state index is 0.275. The molecule has 1 fully saturated rings. The first-order valence-corrected chi connectivity index (χ1v) is 3.77. The second-order valence-corrected chi connectivity index (χ2v) is 2.52. The van der Waals surface area contributed by atoms with Crippen LogP contribution in [0.2, 0.25) is 0 Å². The fraction of sp³-hybridized carbons (Fsp3) is 1.00. The first-order valence-electron chi connectivity index (χ1n) is 2.96. The summed E-state index contributed by atoms with van der Waals surface area (Å²) in [6.07, 6.45) is 3.01. The quantitative estimate of drug-likeness (QED) is 0.413. The van der Waals surface area contributed by atoms with Crippen molar-refractivity contribution in [2.24, 2.45) is 0 Å². The Hall–Kier alpha value is 0.137. The summed E-state index contributed by atoms with van der Waals surface area (Å²) in [6, 6.07) is 0. The highest BCUT2D eigenvalue weighted by atomic mass is 28.3. The summed E-state index contributed by atoms with van der Waals surface area (Å²) in [5, 5.41) is 0.